The molecule has 2 aromatic heterocycles. The van der Waals surface area contributed by atoms with E-state index in [9.17, 15) is 13.2 Å². The molecule has 0 radical (unpaired) electrons. The van der Waals surface area contributed by atoms with E-state index in [0.29, 0.717) is 0 Å². The molecule has 22 heavy (non-hydrogen) atoms. The quantitative estimate of drug-likeness (QED) is 0.902. The summed E-state index contributed by atoms with van der Waals surface area (Å²) in [6, 6.07) is 1.62. The van der Waals surface area contributed by atoms with Crippen molar-refractivity contribution >= 4 is 5.95 Å². The highest BCUT2D eigenvalue weighted by Crippen LogP contribution is 2.35. The summed E-state index contributed by atoms with van der Waals surface area (Å²) >= 11 is 0. The highest BCUT2D eigenvalue weighted by Gasteiger charge is 2.36. The van der Waals surface area contributed by atoms with Crippen LogP contribution in [0.1, 0.15) is 12.0 Å². The molecule has 3 heterocycles. The van der Waals surface area contributed by atoms with Gasteiger partial charge in [0.05, 0.1) is 0 Å². The molecule has 0 bridgehead atoms. The van der Waals surface area contributed by atoms with E-state index in [-0.39, 0.29) is 23.4 Å². The maximum atomic E-state index is 13.1. The summed E-state index contributed by atoms with van der Waals surface area (Å²) in [6.07, 6.45) is -1.27. The standard InChI is InChI=1S/C13H15F3N6/c1-22-5-3-10(21-22)11-9(13(14,15)16)7-18-12(20-11)19-8-2-4-17-6-8/h3,5,7-8,17H,2,4,6H2,1H3,(H,18,19,20)/t8-/m1/s1. The van der Waals surface area contributed by atoms with E-state index >= 15 is 0 Å². The van der Waals surface area contributed by atoms with Crippen molar-refractivity contribution in [2.75, 3.05) is 18.4 Å². The Kier molecular flexibility index (Phi) is 3.73. The molecule has 0 saturated carbocycles. The van der Waals surface area contributed by atoms with Crippen LogP contribution in [-0.4, -0.2) is 38.9 Å². The average molecular weight is 312 g/mol. The van der Waals surface area contributed by atoms with Crippen LogP contribution in [0.15, 0.2) is 18.5 Å². The van der Waals surface area contributed by atoms with Crippen LogP contribution in [0.5, 0.6) is 0 Å². The molecular weight excluding hydrogens is 297 g/mol. The van der Waals surface area contributed by atoms with Crippen molar-refractivity contribution in [2.24, 2.45) is 7.05 Å². The lowest BCUT2D eigenvalue weighted by Gasteiger charge is -2.14. The van der Waals surface area contributed by atoms with Gasteiger partial charge in [-0.2, -0.15) is 18.3 Å². The molecule has 9 heteroatoms. The summed E-state index contributed by atoms with van der Waals surface area (Å²) < 4.78 is 40.8. The second-order valence-electron chi connectivity index (χ2n) is 5.16. The number of aromatic nitrogens is 4. The van der Waals surface area contributed by atoms with Crippen LogP contribution >= 0.6 is 0 Å². The monoisotopic (exact) mass is 312 g/mol. The molecule has 1 fully saturated rings. The first-order valence-corrected chi connectivity index (χ1v) is 6.85. The minimum absolute atomic E-state index is 0.119. The Hall–Kier alpha value is -2.16. The molecular formula is C13H15F3N6. The zero-order chi connectivity index (χ0) is 15.7. The number of alkyl halides is 3. The third-order valence-electron chi connectivity index (χ3n) is 3.44. The molecule has 1 aliphatic rings. The van der Waals surface area contributed by atoms with Gasteiger partial charge >= 0.3 is 6.18 Å². The molecule has 1 saturated heterocycles. The molecule has 1 atom stereocenters. The summed E-state index contributed by atoms with van der Waals surface area (Å²) in [6.45, 7) is 1.61. The lowest BCUT2D eigenvalue weighted by Crippen LogP contribution is -2.24. The van der Waals surface area contributed by atoms with Gasteiger partial charge in [0.2, 0.25) is 5.95 Å². The van der Waals surface area contributed by atoms with Gasteiger partial charge in [-0.1, -0.05) is 0 Å². The summed E-state index contributed by atoms with van der Waals surface area (Å²) in [7, 11) is 1.64. The van der Waals surface area contributed by atoms with Crippen LogP contribution in [0.2, 0.25) is 0 Å². The molecule has 0 aromatic carbocycles. The van der Waals surface area contributed by atoms with Gasteiger partial charge in [-0.3, -0.25) is 4.68 Å². The lowest BCUT2D eigenvalue weighted by atomic mass is 10.1. The van der Waals surface area contributed by atoms with Crippen molar-refractivity contribution in [1.82, 2.24) is 25.1 Å². The third kappa shape index (κ3) is 3.03. The number of nitrogens with one attached hydrogen (secondary N) is 2. The van der Waals surface area contributed by atoms with Crippen molar-refractivity contribution in [2.45, 2.75) is 18.6 Å². The van der Waals surface area contributed by atoms with Crippen LogP contribution in [0.4, 0.5) is 19.1 Å². The number of anilines is 1. The summed E-state index contributed by atoms with van der Waals surface area (Å²) in [5.41, 5.74) is -0.928. The Morgan fingerprint density at radius 1 is 1.41 bits per heavy atom. The fourth-order valence-electron chi connectivity index (χ4n) is 2.36. The first-order valence-electron chi connectivity index (χ1n) is 6.85. The van der Waals surface area contributed by atoms with Crippen LogP contribution in [0, 0.1) is 0 Å². The fraction of sp³-hybridized carbons (Fsp3) is 0.462. The molecule has 6 nitrogen and oxygen atoms in total. The first-order chi connectivity index (χ1) is 10.4. The Balaban J connectivity index is 1.98. The van der Waals surface area contributed by atoms with Gasteiger partial charge in [0.15, 0.2) is 0 Å². The molecule has 0 unspecified atom stereocenters. The van der Waals surface area contributed by atoms with Gasteiger partial charge in [-0.25, -0.2) is 9.97 Å². The van der Waals surface area contributed by atoms with E-state index < -0.39 is 11.7 Å². The summed E-state index contributed by atoms with van der Waals surface area (Å²) in [4.78, 5) is 7.84. The van der Waals surface area contributed by atoms with Crippen molar-refractivity contribution in [3.05, 3.63) is 24.0 Å². The average Bonchev–Trinajstić information content (AvgIpc) is 3.09. The maximum absolute atomic E-state index is 13.1. The zero-order valence-corrected chi connectivity index (χ0v) is 11.9. The van der Waals surface area contributed by atoms with Crippen LogP contribution in [0.25, 0.3) is 11.4 Å². The Morgan fingerprint density at radius 2 is 2.23 bits per heavy atom. The number of rotatable bonds is 3. The predicted molar refractivity (Wildman–Crippen MR) is 74.1 cm³/mol. The highest BCUT2D eigenvalue weighted by molar-refractivity contribution is 5.60. The SMILES string of the molecule is Cn1ccc(-c2nc(N[C@@H]3CCNC3)ncc2C(F)(F)F)n1. The fourth-order valence-corrected chi connectivity index (χ4v) is 2.36. The first kappa shape index (κ1) is 14.8. The smallest absolute Gasteiger partial charge is 0.350 e. The molecule has 2 N–H and O–H groups in total. The second kappa shape index (κ2) is 5.56. The molecule has 0 aliphatic carbocycles. The number of aryl methyl sites for hydroxylation is 1. The molecule has 3 rings (SSSR count). The van der Waals surface area contributed by atoms with Gasteiger partial charge in [-0.15, -0.1) is 0 Å². The largest absolute Gasteiger partial charge is 0.420 e. The lowest BCUT2D eigenvalue weighted by molar-refractivity contribution is -0.137. The molecule has 2 aromatic rings. The van der Waals surface area contributed by atoms with Gasteiger partial charge < -0.3 is 10.6 Å². The number of halogens is 3. The molecule has 1 aliphatic heterocycles. The number of hydrogen-bond acceptors (Lipinski definition) is 5. The topological polar surface area (TPSA) is 67.7 Å². The molecule has 118 valence electrons. The van der Waals surface area contributed by atoms with E-state index in [1.54, 1.807) is 13.2 Å². The van der Waals surface area contributed by atoms with Gasteiger partial charge in [-0.05, 0) is 19.0 Å². The summed E-state index contributed by atoms with van der Waals surface area (Å²) in [5.74, 6) is 0.183. The third-order valence-corrected chi connectivity index (χ3v) is 3.44. The van der Waals surface area contributed by atoms with Crippen molar-refractivity contribution in [3.63, 3.8) is 0 Å². The van der Waals surface area contributed by atoms with Crippen molar-refractivity contribution in [3.8, 4) is 11.4 Å². The molecule has 0 spiro atoms. The minimum Gasteiger partial charge on any atom is -0.350 e. The van der Waals surface area contributed by atoms with Crippen LogP contribution in [0.3, 0.4) is 0 Å². The normalized spacial score (nSPS) is 18.6. The number of nitrogens with zero attached hydrogens (tertiary/aromatic N) is 4. The van der Waals surface area contributed by atoms with E-state index in [2.05, 4.69) is 25.7 Å². The highest BCUT2D eigenvalue weighted by atomic mass is 19.4. The van der Waals surface area contributed by atoms with E-state index in [4.69, 9.17) is 0 Å². The maximum Gasteiger partial charge on any atom is 0.420 e. The van der Waals surface area contributed by atoms with Gasteiger partial charge in [0.1, 0.15) is 17.0 Å². The Morgan fingerprint density at radius 3 is 2.82 bits per heavy atom. The zero-order valence-electron chi connectivity index (χ0n) is 11.9. The van der Waals surface area contributed by atoms with Crippen molar-refractivity contribution in [1.29, 1.82) is 0 Å². The Bertz CT molecular complexity index is 660. The molecule has 0 amide bonds. The van der Waals surface area contributed by atoms with Gasteiger partial charge in [0, 0.05) is 32.0 Å². The van der Waals surface area contributed by atoms with Crippen molar-refractivity contribution < 1.29 is 13.2 Å². The minimum atomic E-state index is -4.53. The van der Waals surface area contributed by atoms with E-state index in [1.165, 1.54) is 10.7 Å². The van der Waals surface area contributed by atoms with Crippen LogP contribution < -0.4 is 10.6 Å². The second-order valence-corrected chi connectivity index (χ2v) is 5.16. The number of hydrogen-bond donors (Lipinski definition) is 2. The van der Waals surface area contributed by atoms with Crippen LogP contribution in [-0.2, 0) is 13.2 Å². The van der Waals surface area contributed by atoms with E-state index in [0.717, 1.165) is 25.7 Å². The van der Waals surface area contributed by atoms with Gasteiger partial charge in [0.25, 0.3) is 0 Å². The Labute approximate surface area is 124 Å². The summed E-state index contributed by atoms with van der Waals surface area (Å²) in [5, 5.41) is 10.2. The van der Waals surface area contributed by atoms with E-state index in [1.807, 2.05) is 0 Å². The predicted octanol–water partition coefficient (Wildman–Crippen LogP) is 1.67.